The van der Waals surface area contributed by atoms with E-state index in [1.54, 1.807) is 30.3 Å². The largest absolute Gasteiger partial charge is 0.674 e. The summed E-state index contributed by atoms with van der Waals surface area (Å²) in [5, 5.41) is 0. The Balaban J connectivity index is 2.32. The molecule has 0 aliphatic rings. The van der Waals surface area contributed by atoms with Crippen molar-refractivity contribution in [2.45, 2.75) is 12.9 Å². The molecule has 5 heteroatoms. The lowest BCUT2D eigenvalue weighted by atomic mass is 10.0. The first-order chi connectivity index (χ1) is 8.98. The molecule has 0 aliphatic heterocycles. The van der Waals surface area contributed by atoms with Gasteiger partial charge in [0, 0.05) is 0 Å². The molecule has 2 rings (SSSR count). The minimum Gasteiger partial charge on any atom is -0.674 e. The molecule has 0 atom stereocenters. The average molecular weight is 266 g/mol. The van der Waals surface area contributed by atoms with Crippen LogP contribution in [0.25, 0.3) is 16.9 Å². The molecule has 0 spiro atoms. The van der Waals surface area contributed by atoms with E-state index in [-0.39, 0.29) is 12.3 Å². The van der Waals surface area contributed by atoms with Gasteiger partial charge in [0.15, 0.2) is 0 Å². The molecule has 0 aromatic heterocycles. The molecule has 1 N–H and O–H groups in total. The minimum atomic E-state index is -4.69. The van der Waals surface area contributed by atoms with Crippen molar-refractivity contribution in [1.82, 2.24) is 0 Å². The van der Waals surface area contributed by atoms with Crippen LogP contribution in [0.5, 0.6) is 5.75 Å². The molecule has 19 heavy (non-hydrogen) atoms. The Morgan fingerprint density at radius 1 is 0.947 bits per heavy atom. The van der Waals surface area contributed by atoms with E-state index < -0.39 is 6.36 Å². The van der Waals surface area contributed by atoms with Gasteiger partial charge in [0.05, 0.1) is 0 Å². The quantitative estimate of drug-likeness (QED) is 0.785. The zero-order valence-electron chi connectivity index (χ0n) is 9.87. The lowest BCUT2D eigenvalue weighted by molar-refractivity contribution is -0.274. The Labute approximate surface area is 108 Å². The lowest BCUT2D eigenvalue weighted by Gasteiger charge is -2.11. The summed E-state index contributed by atoms with van der Waals surface area (Å²) in [4.78, 5) is 0. The van der Waals surface area contributed by atoms with Crippen LogP contribution in [0, 0.1) is 0 Å². The van der Waals surface area contributed by atoms with E-state index >= 15 is 0 Å². The number of hydrogen-bond donors (Lipinski definition) is 0. The molecular weight excluding hydrogens is 255 g/mol. The molecule has 0 amide bonds. The van der Waals surface area contributed by atoms with Crippen molar-refractivity contribution in [3.63, 3.8) is 0 Å². The summed E-state index contributed by atoms with van der Waals surface area (Å²) in [5.41, 5.74) is 9.48. The van der Waals surface area contributed by atoms with Crippen LogP contribution in [0.2, 0.25) is 0 Å². The second-order valence-electron chi connectivity index (χ2n) is 3.95. The number of benzene rings is 2. The highest BCUT2D eigenvalue weighted by Crippen LogP contribution is 2.28. The van der Waals surface area contributed by atoms with Gasteiger partial charge in [0.25, 0.3) is 0 Å². The van der Waals surface area contributed by atoms with E-state index in [0.717, 1.165) is 11.1 Å². The maximum absolute atomic E-state index is 12.1. The predicted octanol–water partition coefficient (Wildman–Crippen LogP) is 4.80. The summed E-state index contributed by atoms with van der Waals surface area (Å²) < 4.78 is 40.3. The number of halogens is 3. The number of rotatable bonds is 3. The van der Waals surface area contributed by atoms with Crippen LogP contribution in [-0.4, -0.2) is 6.36 Å². The van der Waals surface area contributed by atoms with E-state index in [4.69, 9.17) is 5.73 Å². The third-order valence-corrected chi connectivity index (χ3v) is 2.53. The fraction of sp³-hybridized carbons (Fsp3) is 0.143. The van der Waals surface area contributed by atoms with E-state index in [0.29, 0.717) is 5.56 Å². The smallest absolute Gasteiger partial charge is 0.573 e. The van der Waals surface area contributed by atoms with Crippen molar-refractivity contribution in [2.75, 3.05) is 0 Å². The van der Waals surface area contributed by atoms with Gasteiger partial charge in [-0.1, -0.05) is 42.0 Å². The third-order valence-electron chi connectivity index (χ3n) is 2.53. The molecule has 0 radical (unpaired) electrons. The maximum atomic E-state index is 12.1. The highest BCUT2D eigenvalue weighted by atomic mass is 19.4. The molecule has 2 nitrogen and oxygen atoms in total. The highest BCUT2D eigenvalue weighted by Gasteiger charge is 2.31. The van der Waals surface area contributed by atoms with Crippen LogP contribution >= 0.6 is 0 Å². The first-order valence-electron chi connectivity index (χ1n) is 5.58. The molecule has 0 bridgehead atoms. The standard InChI is InChI=1S/C14H11F3NO/c15-14(16,17)19-13-6-2-5-12(8-13)11-4-1-3-10(7-11)9-18/h1-8,18H,9H2/q-1. The van der Waals surface area contributed by atoms with Gasteiger partial charge in [-0.2, -0.15) is 0 Å². The van der Waals surface area contributed by atoms with Gasteiger partial charge in [-0.25, -0.2) is 0 Å². The second kappa shape index (κ2) is 5.32. The predicted molar refractivity (Wildman–Crippen MR) is 66.6 cm³/mol. The van der Waals surface area contributed by atoms with Crippen molar-refractivity contribution in [1.29, 1.82) is 0 Å². The fourth-order valence-corrected chi connectivity index (χ4v) is 1.73. The van der Waals surface area contributed by atoms with E-state index in [9.17, 15) is 13.2 Å². The summed E-state index contributed by atoms with van der Waals surface area (Å²) in [5.74, 6) is -0.249. The van der Waals surface area contributed by atoms with Crippen molar-refractivity contribution >= 4 is 0 Å². The zero-order chi connectivity index (χ0) is 13.9. The number of hydrogen-bond acceptors (Lipinski definition) is 1. The van der Waals surface area contributed by atoms with Crippen molar-refractivity contribution in [3.05, 3.63) is 59.8 Å². The number of alkyl halides is 3. The van der Waals surface area contributed by atoms with Gasteiger partial charge in [0.1, 0.15) is 5.75 Å². The number of ether oxygens (including phenoxy) is 1. The Morgan fingerprint density at radius 3 is 2.21 bits per heavy atom. The lowest BCUT2D eigenvalue weighted by Crippen LogP contribution is -2.17. The first-order valence-corrected chi connectivity index (χ1v) is 5.58. The van der Waals surface area contributed by atoms with Gasteiger partial charge in [-0.05, 0) is 23.3 Å². The van der Waals surface area contributed by atoms with Crippen LogP contribution in [0.15, 0.2) is 48.5 Å². The molecule has 0 aliphatic carbocycles. The number of nitrogens with one attached hydrogen (secondary N) is 1. The molecule has 2 aromatic rings. The molecular formula is C14H11F3NO-. The van der Waals surface area contributed by atoms with Gasteiger partial charge >= 0.3 is 6.36 Å². The second-order valence-corrected chi connectivity index (χ2v) is 3.95. The zero-order valence-corrected chi connectivity index (χ0v) is 9.87. The van der Waals surface area contributed by atoms with Gasteiger partial charge in [0.2, 0.25) is 0 Å². The van der Waals surface area contributed by atoms with Gasteiger partial charge in [-0.3, -0.25) is 0 Å². The summed E-state index contributed by atoms with van der Waals surface area (Å²) in [7, 11) is 0. The summed E-state index contributed by atoms with van der Waals surface area (Å²) >= 11 is 0. The van der Waals surface area contributed by atoms with E-state index in [2.05, 4.69) is 4.74 Å². The fourth-order valence-electron chi connectivity index (χ4n) is 1.73. The molecule has 0 heterocycles. The van der Waals surface area contributed by atoms with Crippen LogP contribution in [-0.2, 0) is 6.54 Å². The average Bonchev–Trinajstić information content (AvgIpc) is 2.37. The van der Waals surface area contributed by atoms with E-state index in [1.165, 1.54) is 18.2 Å². The normalized spacial score (nSPS) is 11.4. The van der Waals surface area contributed by atoms with Crippen molar-refractivity contribution < 1.29 is 17.9 Å². The van der Waals surface area contributed by atoms with Gasteiger partial charge in [-0.15, -0.1) is 19.7 Å². The molecule has 0 unspecified atom stereocenters. The Morgan fingerprint density at radius 2 is 1.58 bits per heavy atom. The topological polar surface area (TPSA) is 33.0 Å². The van der Waals surface area contributed by atoms with Crippen LogP contribution in [0.3, 0.4) is 0 Å². The summed E-state index contributed by atoms with van der Waals surface area (Å²) in [6.45, 7) is 0.132. The SMILES string of the molecule is [NH-]Cc1cccc(-c2cccc(OC(F)(F)F)c2)c1. The van der Waals surface area contributed by atoms with Crippen LogP contribution in [0.4, 0.5) is 13.2 Å². The Kier molecular flexibility index (Phi) is 3.76. The summed E-state index contributed by atoms with van der Waals surface area (Å²) in [6, 6.07) is 12.9. The summed E-state index contributed by atoms with van der Waals surface area (Å²) in [6.07, 6.45) is -4.69. The Hall–Kier alpha value is -2.01. The van der Waals surface area contributed by atoms with Crippen LogP contribution < -0.4 is 4.74 Å². The maximum Gasteiger partial charge on any atom is 0.573 e. The first kappa shape index (κ1) is 13.4. The molecule has 0 saturated heterocycles. The molecule has 0 fully saturated rings. The van der Waals surface area contributed by atoms with Crippen molar-refractivity contribution in [3.8, 4) is 16.9 Å². The highest BCUT2D eigenvalue weighted by molar-refractivity contribution is 5.65. The van der Waals surface area contributed by atoms with E-state index in [1.807, 2.05) is 0 Å². The minimum absolute atomic E-state index is 0.132. The molecule has 100 valence electrons. The molecule has 0 saturated carbocycles. The molecule has 2 aromatic carbocycles. The Bertz CT molecular complexity index is 567. The van der Waals surface area contributed by atoms with Crippen molar-refractivity contribution in [2.24, 2.45) is 0 Å². The third kappa shape index (κ3) is 3.72. The van der Waals surface area contributed by atoms with Gasteiger partial charge < -0.3 is 10.5 Å². The monoisotopic (exact) mass is 266 g/mol. The van der Waals surface area contributed by atoms with Crippen LogP contribution in [0.1, 0.15) is 5.56 Å².